The predicted octanol–water partition coefficient (Wildman–Crippen LogP) is 3.71. The second-order valence-corrected chi connectivity index (χ2v) is 7.59. The molecule has 3 N–H and O–H groups in total. The molecule has 1 aromatic carbocycles. The van der Waals surface area contributed by atoms with Crippen molar-refractivity contribution in [3.05, 3.63) is 46.5 Å². The minimum Gasteiger partial charge on any atom is -0.390 e. The average molecular weight is 403 g/mol. The van der Waals surface area contributed by atoms with E-state index in [2.05, 4.69) is 29.5 Å². The van der Waals surface area contributed by atoms with Crippen LogP contribution in [0.3, 0.4) is 0 Å². The lowest BCUT2D eigenvalue weighted by molar-refractivity contribution is -0.384. The van der Waals surface area contributed by atoms with Crippen molar-refractivity contribution < 1.29 is 14.4 Å². The first-order valence-electron chi connectivity index (χ1n) is 9.67. The molecule has 2 atom stereocenters. The minimum absolute atomic E-state index is 0.116. The van der Waals surface area contributed by atoms with Crippen molar-refractivity contribution in [1.29, 1.82) is 0 Å². The number of halogens is 1. The van der Waals surface area contributed by atoms with E-state index in [9.17, 15) is 19.6 Å². The van der Waals surface area contributed by atoms with Crippen LogP contribution in [-0.2, 0) is 0 Å². The number of nitro groups is 1. The van der Waals surface area contributed by atoms with Gasteiger partial charge in [0.1, 0.15) is 12.0 Å². The third kappa shape index (κ3) is 5.32. The highest BCUT2D eigenvalue weighted by Gasteiger charge is 2.27. The highest BCUT2D eigenvalue weighted by atomic mass is 19.1. The summed E-state index contributed by atoms with van der Waals surface area (Å²) in [5, 5.41) is 27.0. The number of pyridine rings is 1. The van der Waals surface area contributed by atoms with Crippen LogP contribution in [0.25, 0.3) is 0 Å². The number of nitrogens with zero attached hydrogens (tertiary/aromatic N) is 3. The molecular weight excluding hydrogens is 377 g/mol. The SMILES string of the molecule is CC(C)CNc1ccc([N+](=O)[O-])c(Nc2ccc(N3CCC(O)C(F)C3)cc2)n1. The van der Waals surface area contributed by atoms with E-state index < -0.39 is 17.2 Å². The van der Waals surface area contributed by atoms with Gasteiger partial charge in [0, 0.05) is 30.5 Å². The Kier molecular flexibility index (Phi) is 6.48. The Hall–Kier alpha value is -2.94. The zero-order valence-corrected chi connectivity index (χ0v) is 16.5. The standard InChI is InChI=1S/C20H26FN5O3/c1-13(2)11-22-19-8-7-17(26(28)29)20(24-19)23-14-3-5-15(6-4-14)25-10-9-18(27)16(21)12-25/h3-8,13,16,18,27H,9-12H2,1-2H3,(H2,22,23,24). The summed E-state index contributed by atoms with van der Waals surface area (Å²) in [5.41, 5.74) is 1.36. The molecule has 2 unspecified atom stereocenters. The van der Waals surface area contributed by atoms with Gasteiger partial charge >= 0.3 is 5.69 Å². The van der Waals surface area contributed by atoms with Crippen molar-refractivity contribution in [2.75, 3.05) is 35.2 Å². The van der Waals surface area contributed by atoms with Crippen LogP contribution in [0.15, 0.2) is 36.4 Å². The number of hydrogen-bond donors (Lipinski definition) is 3. The van der Waals surface area contributed by atoms with Gasteiger partial charge in [0.2, 0.25) is 5.82 Å². The third-order valence-corrected chi connectivity index (χ3v) is 4.76. The molecule has 1 saturated heterocycles. The van der Waals surface area contributed by atoms with E-state index in [-0.39, 0.29) is 18.1 Å². The van der Waals surface area contributed by atoms with Gasteiger partial charge in [-0.3, -0.25) is 10.1 Å². The summed E-state index contributed by atoms with van der Waals surface area (Å²) in [5.74, 6) is 1.13. The maximum absolute atomic E-state index is 13.8. The minimum atomic E-state index is -1.27. The molecule has 0 spiro atoms. The molecule has 2 heterocycles. The number of hydrogen-bond acceptors (Lipinski definition) is 7. The number of rotatable bonds is 7. The normalized spacial score (nSPS) is 19.3. The van der Waals surface area contributed by atoms with Gasteiger partial charge in [-0.1, -0.05) is 13.8 Å². The maximum Gasteiger partial charge on any atom is 0.311 e. The molecule has 8 nitrogen and oxygen atoms in total. The third-order valence-electron chi connectivity index (χ3n) is 4.76. The number of aromatic nitrogens is 1. The van der Waals surface area contributed by atoms with Crippen molar-refractivity contribution in [2.24, 2.45) is 5.92 Å². The Labute approximate surface area is 168 Å². The zero-order chi connectivity index (χ0) is 21.0. The van der Waals surface area contributed by atoms with E-state index in [1.807, 2.05) is 17.0 Å². The molecule has 1 aromatic heterocycles. The Bertz CT molecular complexity index is 847. The molecule has 0 aliphatic carbocycles. The van der Waals surface area contributed by atoms with Crippen molar-refractivity contribution in [3.63, 3.8) is 0 Å². The van der Waals surface area contributed by atoms with Crippen molar-refractivity contribution in [1.82, 2.24) is 4.98 Å². The van der Waals surface area contributed by atoms with E-state index in [0.29, 0.717) is 36.9 Å². The van der Waals surface area contributed by atoms with Gasteiger partial charge in [0.05, 0.1) is 17.6 Å². The summed E-state index contributed by atoms with van der Waals surface area (Å²) in [6.07, 6.45) is -1.79. The largest absolute Gasteiger partial charge is 0.390 e. The maximum atomic E-state index is 13.8. The number of aliphatic hydroxyl groups is 1. The quantitative estimate of drug-likeness (QED) is 0.478. The summed E-state index contributed by atoms with van der Waals surface area (Å²) < 4.78 is 13.8. The molecule has 3 rings (SSSR count). The lowest BCUT2D eigenvalue weighted by Crippen LogP contribution is -2.44. The molecular formula is C20H26FN5O3. The molecule has 0 bridgehead atoms. The van der Waals surface area contributed by atoms with Gasteiger partial charge < -0.3 is 20.6 Å². The summed E-state index contributed by atoms with van der Waals surface area (Å²) in [7, 11) is 0. The van der Waals surface area contributed by atoms with Crippen molar-refractivity contribution in [3.8, 4) is 0 Å². The number of alkyl halides is 1. The molecule has 0 radical (unpaired) electrons. The topological polar surface area (TPSA) is 104 Å². The van der Waals surface area contributed by atoms with Crippen LogP contribution in [0.2, 0.25) is 0 Å². The summed E-state index contributed by atoms with van der Waals surface area (Å²) in [6.45, 7) is 5.55. The molecule has 2 aromatic rings. The van der Waals surface area contributed by atoms with E-state index in [4.69, 9.17) is 0 Å². The molecule has 1 fully saturated rings. The second-order valence-electron chi connectivity index (χ2n) is 7.59. The first-order chi connectivity index (χ1) is 13.8. The highest BCUT2D eigenvalue weighted by Crippen LogP contribution is 2.29. The van der Waals surface area contributed by atoms with Gasteiger partial charge in [0.25, 0.3) is 0 Å². The van der Waals surface area contributed by atoms with Gasteiger partial charge in [0.15, 0.2) is 0 Å². The molecule has 1 aliphatic heterocycles. The number of nitrogens with one attached hydrogen (secondary N) is 2. The van der Waals surface area contributed by atoms with Gasteiger partial charge in [-0.05, 0) is 42.7 Å². The fourth-order valence-electron chi connectivity index (χ4n) is 3.12. The van der Waals surface area contributed by atoms with Crippen molar-refractivity contribution in [2.45, 2.75) is 32.5 Å². The first-order valence-corrected chi connectivity index (χ1v) is 9.67. The Morgan fingerprint density at radius 3 is 2.66 bits per heavy atom. The molecule has 0 saturated carbocycles. The number of benzene rings is 1. The predicted molar refractivity (Wildman–Crippen MR) is 112 cm³/mol. The first kappa shape index (κ1) is 20.8. The van der Waals surface area contributed by atoms with Crippen molar-refractivity contribution >= 4 is 28.7 Å². The monoisotopic (exact) mass is 403 g/mol. The lowest BCUT2D eigenvalue weighted by Gasteiger charge is -2.33. The van der Waals surface area contributed by atoms with E-state index in [1.165, 1.54) is 6.07 Å². The Morgan fingerprint density at radius 1 is 1.31 bits per heavy atom. The van der Waals surface area contributed by atoms with Crippen LogP contribution in [0.5, 0.6) is 0 Å². The fraction of sp³-hybridized carbons (Fsp3) is 0.450. The second kappa shape index (κ2) is 9.04. The van der Waals surface area contributed by atoms with Crippen LogP contribution in [0, 0.1) is 16.0 Å². The fourth-order valence-corrected chi connectivity index (χ4v) is 3.12. The lowest BCUT2D eigenvalue weighted by atomic mass is 10.1. The molecule has 9 heteroatoms. The van der Waals surface area contributed by atoms with E-state index in [0.717, 1.165) is 5.69 Å². The van der Waals surface area contributed by atoms with Crippen LogP contribution >= 0.6 is 0 Å². The molecule has 156 valence electrons. The highest BCUT2D eigenvalue weighted by molar-refractivity contribution is 5.69. The summed E-state index contributed by atoms with van der Waals surface area (Å²) >= 11 is 0. The van der Waals surface area contributed by atoms with Crippen LogP contribution < -0.4 is 15.5 Å². The zero-order valence-electron chi connectivity index (χ0n) is 16.5. The Morgan fingerprint density at radius 2 is 2.03 bits per heavy atom. The molecule has 1 aliphatic rings. The smallest absolute Gasteiger partial charge is 0.311 e. The van der Waals surface area contributed by atoms with E-state index in [1.54, 1.807) is 18.2 Å². The Balaban J connectivity index is 1.74. The van der Waals surface area contributed by atoms with Gasteiger partial charge in [-0.15, -0.1) is 0 Å². The molecule has 29 heavy (non-hydrogen) atoms. The average Bonchev–Trinajstić information content (AvgIpc) is 2.69. The number of aliphatic hydroxyl groups excluding tert-OH is 1. The summed E-state index contributed by atoms with van der Waals surface area (Å²) in [6, 6.07) is 10.2. The number of anilines is 4. The number of piperidine rings is 1. The van der Waals surface area contributed by atoms with E-state index >= 15 is 0 Å². The van der Waals surface area contributed by atoms with Crippen LogP contribution in [0.4, 0.5) is 33.1 Å². The van der Waals surface area contributed by atoms with Gasteiger partial charge in [-0.2, -0.15) is 0 Å². The summed E-state index contributed by atoms with van der Waals surface area (Å²) in [4.78, 5) is 17.1. The van der Waals surface area contributed by atoms with Crippen LogP contribution in [-0.4, -0.2) is 46.9 Å². The molecule has 0 amide bonds. The van der Waals surface area contributed by atoms with Crippen LogP contribution in [0.1, 0.15) is 20.3 Å². The van der Waals surface area contributed by atoms with Gasteiger partial charge in [-0.25, -0.2) is 9.37 Å².